The lowest BCUT2D eigenvalue weighted by molar-refractivity contribution is -0.136. The zero-order valence-corrected chi connectivity index (χ0v) is 14.0. The zero-order chi connectivity index (χ0) is 17.6. The molecule has 24 heavy (non-hydrogen) atoms. The number of aromatic hydroxyl groups is 1. The fraction of sp³-hybridized carbons (Fsp3) is 0.250. The molecule has 0 aromatic heterocycles. The molecule has 0 bridgehead atoms. The third-order valence-electron chi connectivity index (χ3n) is 2.88. The molecular weight excluding hydrogens is 304 g/mol. The van der Waals surface area contributed by atoms with E-state index in [9.17, 15) is 9.90 Å². The highest BCUT2D eigenvalue weighted by atomic mass is 16.5. The van der Waals surface area contributed by atoms with E-state index in [1.54, 1.807) is 36.4 Å². The first-order valence-electron chi connectivity index (χ1n) is 7.70. The van der Waals surface area contributed by atoms with Gasteiger partial charge in [-0.2, -0.15) is 0 Å². The molecule has 0 spiro atoms. The number of benzene rings is 1. The average Bonchev–Trinajstić information content (AvgIpc) is 2.59. The van der Waals surface area contributed by atoms with Crippen LogP contribution >= 0.6 is 0 Å². The standard InChI is InChI=1S/C20H22O4/c1-3-4-5-6-7-8-9-12-20(22)24-15-10-11-17-13-14-18(21)19(16-17)23-2/h5-6,9-14,16,21H,3-4,15H2,1-2H3. The normalized spacial score (nSPS) is 10.9. The minimum Gasteiger partial charge on any atom is -0.504 e. The molecule has 0 atom stereocenters. The van der Waals surface area contributed by atoms with Gasteiger partial charge in [-0.15, -0.1) is 0 Å². The molecule has 0 aliphatic carbocycles. The molecule has 0 aliphatic rings. The van der Waals surface area contributed by atoms with Crippen LogP contribution < -0.4 is 4.74 Å². The Kier molecular flexibility index (Phi) is 9.25. The maximum Gasteiger partial charge on any atom is 0.331 e. The van der Waals surface area contributed by atoms with Gasteiger partial charge in [0, 0.05) is 6.08 Å². The highest BCUT2D eigenvalue weighted by Crippen LogP contribution is 2.26. The van der Waals surface area contributed by atoms with Crippen LogP contribution in [0.3, 0.4) is 0 Å². The van der Waals surface area contributed by atoms with E-state index in [0.29, 0.717) is 5.75 Å². The Labute approximate surface area is 143 Å². The first kappa shape index (κ1) is 19.1. The Bertz CT molecular complexity index is 673. The van der Waals surface area contributed by atoms with Crippen molar-refractivity contribution in [1.82, 2.24) is 0 Å². The van der Waals surface area contributed by atoms with E-state index in [4.69, 9.17) is 9.47 Å². The number of phenolic OH excluding ortho intramolecular Hbond substituents is 1. The summed E-state index contributed by atoms with van der Waals surface area (Å²) in [7, 11) is 1.49. The average molecular weight is 326 g/mol. The van der Waals surface area contributed by atoms with E-state index in [1.165, 1.54) is 19.3 Å². The lowest BCUT2D eigenvalue weighted by Crippen LogP contribution is -1.99. The molecule has 0 amide bonds. The van der Waals surface area contributed by atoms with Crippen LogP contribution in [0.5, 0.6) is 11.5 Å². The van der Waals surface area contributed by atoms with Crippen LogP contribution in [0.25, 0.3) is 6.08 Å². The summed E-state index contributed by atoms with van der Waals surface area (Å²) in [4.78, 5) is 11.5. The largest absolute Gasteiger partial charge is 0.504 e. The second kappa shape index (κ2) is 11.6. The molecule has 4 nitrogen and oxygen atoms in total. The molecule has 0 radical (unpaired) electrons. The number of ether oxygens (including phenoxy) is 2. The van der Waals surface area contributed by atoms with E-state index < -0.39 is 5.97 Å². The van der Waals surface area contributed by atoms with Crippen LogP contribution in [-0.2, 0) is 9.53 Å². The Hall–Kier alpha value is -2.93. The highest BCUT2D eigenvalue weighted by molar-refractivity contribution is 5.82. The van der Waals surface area contributed by atoms with Crippen molar-refractivity contribution in [1.29, 1.82) is 0 Å². The highest BCUT2D eigenvalue weighted by Gasteiger charge is 2.00. The molecule has 0 heterocycles. The Morgan fingerprint density at radius 2 is 2.04 bits per heavy atom. The number of phenols is 1. The van der Waals surface area contributed by atoms with Crippen molar-refractivity contribution in [3.63, 3.8) is 0 Å². The fourth-order valence-corrected chi connectivity index (χ4v) is 1.68. The number of rotatable bonds is 7. The molecule has 0 saturated carbocycles. The predicted octanol–water partition coefficient (Wildman–Crippen LogP) is 3.87. The lowest BCUT2D eigenvalue weighted by atomic mass is 10.2. The number of unbranched alkanes of at least 4 members (excludes halogenated alkanes) is 1. The number of carbonyl (C=O) groups is 1. The van der Waals surface area contributed by atoms with Crippen molar-refractivity contribution in [2.75, 3.05) is 13.7 Å². The summed E-state index contributed by atoms with van der Waals surface area (Å²) in [5, 5.41) is 9.50. The summed E-state index contributed by atoms with van der Waals surface area (Å²) < 4.78 is 10.0. The van der Waals surface area contributed by atoms with Crippen LogP contribution in [0.1, 0.15) is 25.3 Å². The van der Waals surface area contributed by atoms with Gasteiger partial charge in [-0.05, 0) is 42.3 Å². The number of carbonyl (C=O) groups excluding carboxylic acids is 1. The van der Waals surface area contributed by atoms with Gasteiger partial charge in [-0.1, -0.05) is 43.4 Å². The number of methoxy groups -OCH3 is 1. The van der Waals surface area contributed by atoms with E-state index in [1.807, 2.05) is 6.08 Å². The van der Waals surface area contributed by atoms with Gasteiger partial charge >= 0.3 is 5.97 Å². The van der Waals surface area contributed by atoms with E-state index in [2.05, 4.69) is 18.8 Å². The first-order valence-corrected chi connectivity index (χ1v) is 7.70. The summed E-state index contributed by atoms with van der Waals surface area (Å²) in [6.45, 7) is 2.25. The summed E-state index contributed by atoms with van der Waals surface area (Å²) in [5.74, 6) is 5.57. The molecule has 0 saturated heterocycles. The summed E-state index contributed by atoms with van der Waals surface area (Å²) in [6, 6.07) is 4.97. The molecule has 0 aliphatic heterocycles. The van der Waals surface area contributed by atoms with Crippen LogP contribution in [0.2, 0.25) is 0 Å². The van der Waals surface area contributed by atoms with Crippen LogP contribution in [0.4, 0.5) is 0 Å². The number of hydrogen-bond acceptors (Lipinski definition) is 4. The van der Waals surface area contributed by atoms with Crippen molar-refractivity contribution in [2.45, 2.75) is 19.8 Å². The van der Waals surface area contributed by atoms with Gasteiger partial charge in [-0.3, -0.25) is 0 Å². The van der Waals surface area contributed by atoms with Gasteiger partial charge in [0.15, 0.2) is 11.5 Å². The lowest BCUT2D eigenvalue weighted by Gasteiger charge is -2.03. The van der Waals surface area contributed by atoms with E-state index in [0.717, 1.165) is 18.4 Å². The van der Waals surface area contributed by atoms with Crippen molar-refractivity contribution in [2.24, 2.45) is 0 Å². The van der Waals surface area contributed by atoms with Crippen molar-refractivity contribution in [3.8, 4) is 23.3 Å². The van der Waals surface area contributed by atoms with Crippen LogP contribution in [0.15, 0.2) is 48.6 Å². The Morgan fingerprint density at radius 1 is 1.25 bits per heavy atom. The second-order valence-electron chi connectivity index (χ2n) is 4.78. The number of hydrogen-bond donors (Lipinski definition) is 1. The molecule has 1 rings (SSSR count). The SMILES string of the molecule is CCCC=CC#CC=CC(=O)OCC=Cc1ccc(O)c(OC)c1. The second-order valence-corrected chi connectivity index (χ2v) is 4.78. The van der Waals surface area contributed by atoms with Crippen LogP contribution in [-0.4, -0.2) is 24.8 Å². The van der Waals surface area contributed by atoms with Gasteiger partial charge in [0.1, 0.15) is 6.61 Å². The van der Waals surface area contributed by atoms with Gasteiger partial charge in [0.05, 0.1) is 7.11 Å². The molecule has 0 fully saturated rings. The van der Waals surface area contributed by atoms with E-state index >= 15 is 0 Å². The molecule has 1 N–H and O–H groups in total. The molecule has 0 unspecified atom stereocenters. The maximum absolute atomic E-state index is 11.5. The van der Waals surface area contributed by atoms with Crippen molar-refractivity contribution >= 4 is 12.0 Å². The summed E-state index contributed by atoms with van der Waals surface area (Å²) in [6.07, 6.45) is 12.1. The molecule has 126 valence electrons. The van der Waals surface area contributed by atoms with Gasteiger partial charge in [0.25, 0.3) is 0 Å². The third-order valence-corrected chi connectivity index (χ3v) is 2.88. The topological polar surface area (TPSA) is 55.8 Å². The van der Waals surface area contributed by atoms with Crippen LogP contribution in [0, 0.1) is 11.8 Å². The third kappa shape index (κ3) is 7.90. The van der Waals surface area contributed by atoms with Crippen molar-refractivity contribution < 1.29 is 19.4 Å². The quantitative estimate of drug-likeness (QED) is 0.469. The van der Waals surface area contributed by atoms with Gasteiger partial charge in [-0.25, -0.2) is 4.79 Å². The van der Waals surface area contributed by atoms with E-state index in [-0.39, 0.29) is 12.4 Å². The number of allylic oxidation sites excluding steroid dienone is 3. The van der Waals surface area contributed by atoms with Gasteiger partial charge < -0.3 is 14.6 Å². The molecule has 4 heteroatoms. The molecular formula is C20H22O4. The zero-order valence-electron chi connectivity index (χ0n) is 14.0. The summed E-state index contributed by atoms with van der Waals surface area (Å²) in [5.41, 5.74) is 0.834. The first-order chi connectivity index (χ1) is 11.7. The summed E-state index contributed by atoms with van der Waals surface area (Å²) >= 11 is 0. The number of esters is 1. The minimum absolute atomic E-state index is 0.0804. The Morgan fingerprint density at radius 3 is 2.79 bits per heavy atom. The fourth-order valence-electron chi connectivity index (χ4n) is 1.68. The monoisotopic (exact) mass is 326 g/mol. The Balaban J connectivity index is 2.37. The van der Waals surface area contributed by atoms with Gasteiger partial charge in [0.2, 0.25) is 0 Å². The molecule has 1 aromatic carbocycles. The maximum atomic E-state index is 11.5. The predicted molar refractivity (Wildman–Crippen MR) is 95.6 cm³/mol. The minimum atomic E-state index is -0.449. The smallest absolute Gasteiger partial charge is 0.331 e. The molecule has 1 aromatic rings. The van der Waals surface area contributed by atoms with Crippen molar-refractivity contribution in [3.05, 3.63) is 54.1 Å².